The number of hydrogen-bond acceptors (Lipinski definition) is 5. The quantitative estimate of drug-likeness (QED) is 0.770. The minimum absolute atomic E-state index is 0.117. The van der Waals surface area contributed by atoms with Gasteiger partial charge < -0.3 is 14.9 Å². The van der Waals surface area contributed by atoms with Crippen LogP contribution >= 0.6 is 11.8 Å². The summed E-state index contributed by atoms with van der Waals surface area (Å²) in [4.78, 5) is 10.9. The van der Waals surface area contributed by atoms with E-state index in [0.717, 1.165) is 5.56 Å². The fraction of sp³-hybridized carbons (Fsp3) is 0.417. The van der Waals surface area contributed by atoms with Crippen LogP contribution in [0.25, 0.3) is 0 Å². The highest BCUT2D eigenvalue weighted by atomic mass is 32.2. The van der Waals surface area contributed by atoms with E-state index in [0.29, 0.717) is 18.1 Å². The number of nitrogens with one attached hydrogen (secondary N) is 1. The number of rotatable bonds is 4. The molecule has 6 heteroatoms. The maximum Gasteiger partial charge on any atom is 0.321 e. The molecule has 0 spiro atoms. The number of phenols is 1. The van der Waals surface area contributed by atoms with Crippen LogP contribution in [0.3, 0.4) is 0 Å². The Morgan fingerprint density at radius 2 is 2.39 bits per heavy atom. The van der Waals surface area contributed by atoms with Gasteiger partial charge in [-0.1, -0.05) is 0 Å². The van der Waals surface area contributed by atoms with Gasteiger partial charge in [0.15, 0.2) is 0 Å². The maximum atomic E-state index is 10.9. The summed E-state index contributed by atoms with van der Waals surface area (Å²) in [6.07, 6.45) is 0. The number of carboxylic acid groups (broad SMARTS) is 1. The second-order valence-electron chi connectivity index (χ2n) is 3.93. The zero-order valence-corrected chi connectivity index (χ0v) is 10.7. The molecule has 0 aliphatic carbocycles. The van der Waals surface area contributed by atoms with E-state index in [-0.39, 0.29) is 11.1 Å². The van der Waals surface area contributed by atoms with E-state index in [1.54, 1.807) is 18.2 Å². The molecule has 18 heavy (non-hydrogen) atoms. The third kappa shape index (κ3) is 2.70. The van der Waals surface area contributed by atoms with E-state index < -0.39 is 12.0 Å². The van der Waals surface area contributed by atoms with Gasteiger partial charge in [0.25, 0.3) is 0 Å². The summed E-state index contributed by atoms with van der Waals surface area (Å²) in [6, 6.07) is 4.35. The average molecular weight is 269 g/mol. The molecular weight excluding hydrogens is 254 g/mol. The Bertz CT molecular complexity index is 452. The molecule has 1 aliphatic heterocycles. The number of hydrogen-bond donors (Lipinski definition) is 3. The van der Waals surface area contributed by atoms with E-state index in [2.05, 4.69) is 5.32 Å². The Labute approximate surface area is 109 Å². The first kappa shape index (κ1) is 13.0. The summed E-state index contributed by atoms with van der Waals surface area (Å²) >= 11 is 1.52. The SMILES string of the molecule is CCOc1cc(O)ccc1[C@@H]1N[C@H](C(=O)O)CS1. The van der Waals surface area contributed by atoms with Crippen LogP contribution < -0.4 is 10.1 Å². The molecule has 1 saturated heterocycles. The normalized spacial score (nSPS) is 22.9. The Kier molecular flexibility index (Phi) is 3.98. The van der Waals surface area contributed by atoms with Crippen molar-refractivity contribution in [1.29, 1.82) is 0 Å². The van der Waals surface area contributed by atoms with Crippen LogP contribution in [0.15, 0.2) is 18.2 Å². The third-order valence-corrected chi connectivity index (χ3v) is 3.91. The molecule has 0 radical (unpaired) electrons. The molecular formula is C12H15NO4S. The third-order valence-electron chi connectivity index (χ3n) is 2.66. The highest BCUT2D eigenvalue weighted by Gasteiger charge is 2.31. The van der Waals surface area contributed by atoms with Crippen LogP contribution in [-0.4, -0.2) is 34.6 Å². The minimum atomic E-state index is -0.846. The fourth-order valence-electron chi connectivity index (χ4n) is 1.81. The Morgan fingerprint density at radius 1 is 1.61 bits per heavy atom. The lowest BCUT2D eigenvalue weighted by Gasteiger charge is -2.16. The summed E-state index contributed by atoms with van der Waals surface area (Å²) in [5.74, 6) is 0.405. The van der Waals surface area contributed by atoms with E-state index in [9.17, 15) is 9.90 Å². The van der Waals surface area contributed by atoms with E-state index in [1.807, 2.05) is 6.92 Å². The average Bonchev–Trinajstić information content (AvgIpc) is 2.79. The van der Waals surface area contributed by atoms with E-state index in [1.165, 1.54) is 11.8 Å². The molecule has 0 saturated carbocycles. The summed E-state index contributed by atoms with van der Waals surface area (Å²) in [6.45, 7) is 2.36. The van der Waals surface area contributed by atoms with Crippen molar-refractivity contribution in [3.05, 3.63) is 23.8 Å². The van der Waals surface area contributed by atoms with Gasteiger partial charge in [0, 0.05) is 17.4 Å². The van der Waals surface area contributed by atoms with Gasteiger partial charge in [-0.25, -0.2) is 0 Å². The van der Waals surface area contributed by atoms with Gasteiger partial charge in [-0.3, -0.25) is 10.1 Å². The number of aromatic hydroxyl groups is 1. The summed E-state index contributed by atoms with van der Waals surface area (Å²) in [7, 11) is 0. The van der Waals surface area contributed by atoms with Gasteiger partial charge in [0.05, 0.1) is 12.0 Å². The second-order valence-corrected chi connectivity index (χ2v) is 5.06. The molecule has 0 amide bonds. The predicted octanol–water partition coefficient (Wildman–Crippen LogP) is 1.58. The molecule has 0 unspecified atom stereocenters. The molecule has 3 N–H and O–H groups in total. The van der Waals surface area contributed by atoms with Crippen LogP contribution in [0.2, 0.25) is 0 Å². The lowest BCUT2D eigenvalue weighted by atomic mass is 10.1. The van der Waals surface area contributed by atoms with Crippen molar-refractivity contribution < 1.29 is 19.7 Å². The lowest BCUT2D eigenvalue weighted by molar-refractivity contribution is -0.138. The summed E-state index contributed by atoms with van der Waals surface area (Å²) in [5.41, 5.74) is 0.864. The van der Waals surface area contributed by atoms with Crippen LogP contribution in [0.1, 0.15) is 17.9 Å². The smallest absolute Gasteiger partial charge is 0.321 e. The molecule has 1 aliphatic rings. The fourth-order valence-corrected chi connectivity index (χ4v) is 3.07. The van der Waals surface area contributed by atoms with E-state index >= 15 is 0 Å². The van der Waals surface area contributed by atoms with Crippen molar-refractivity contribution in [2.75, 3.05) is 12.4 Å². The van der Waals surface area contributed by atoms with Gasteiger partial charge in [-0.2, -0.15) is 0 Å². The topological polar surface area (TPSA) is 78.8 Å². The molecule has 1 heterocycles. The van der Waals surface area contributed by atoms with Crippen molar-refractivity contribution in [2.24, 2.45) is 0 Å². The molecule has 2 rings (SSSR count). The zero-order chi connectivity index (χ0) is 13.1. The molecule has 5 nitrogen and oxygen atoms in total. The van der Waals surface area contributed by atoms with Crippen LogP contribution in [0, 0.1) is 0 Å². The lowest BCUT2D eigenvalue weighted by Crippen LogP contribution is -2.33. The first-order chi connectivity index (χ1) is 8.61. The zero-order valence-electron chi connectivity index (χ0n) is 9.92. The molecule has 1 aromatic carbocycles. The van der Waals surface area contributed by atoms with Crippen molar-refractivity contribution in [2.45, 2.75) is 18.3 Å². The van der Waals surface area contributed by atoms with Gasteiger partial charge in [0.1, 0.15) is 17.5 Å². The van der Waals surface area contributed by atoms with Crippen molar-refractivity contribution in [3.8, 4) is 11.5 Å². The monoisotopic (exact) mass is 269 g/mol. The number of ether oxygens (including phenoxy) is 1. The molecule has 0 bridgehead atoms. The van der Waals surface area contributed by atoms with Crippen molar-refractivity contribution >= 4 is 17.7 Å². The summed E-state index contributed by atoms with van der Waals surface area (Å²) in [5, 5.41) is 21.3. The molecule has 1 fully saturated rings. The Hall–Kier alpha value is -1.40. The van der Waals surface area contributed by atoms with Crippen LogP contribution in [-0.2, 0) is 4.79 Å². The summed E-state index contributed by atoms with van der Waals surface area (Å²) < 4.78 is 5.47. The number of carboxylic acids is 1. The largest absolute Gasteiger partial charge is 0.508 e. The van der Waals surface area contributed by atoms with Gasteiger partial charge in [-0.15, -0.1) is 11.8 Å². The number of benzene rings is 1. The Balaban J connectivity index is 2.20. The first-order valence-electron chi connectivity index (χ1n) is 5.68. The molecule has 1 aromatic rings. The highest BCUT2D eigenvalue weighted by molar-refractivity contribution is 7.99. The molecule has 98 valence electrons. The van der Waals surface area contributed by atoms with Gasteiger partial charge in [0.2, 0.25) is 0 Å². The Morgan fingerprint density at radius 3 is 3.00 bits per heavy atom. The standard InChI is InChI=1S/C12H15NO4S/c1-2-17-10-5-7(14)3-4-8(10)11-13-9(6-18-11)12(15)16/h3-5,9,11,13-14H,2,6H2,1H3,(H,15,16)/t9-,11+/m0/s1. The number of phenolic OH excluding ortho intramolecular Hbond substituents is 1. The van der Waals surface area contributed by atoms with Crippen molar-refractivity contribution in [1.82, 2.24) is 5.32 Å². The van der Waals surface area contributed by atoms with Gasteiger partial charge >= 0.3 is 5.97 Å². The van der Waals surface area contributed by atoms with Crippen LogP contribution in [0.5, 0.6) is 11.5 Å². The van der Waals surface area contributed by atoms with E-state index in [4.69, 9.17) is 9.84 Å². The van der Waals surface area contributed by atoms with Crippen molar-refractivity contribution in [3.63, 3.8) is 0 Å². The number of aliphatic carboxylic acids is 1. The predicted molar refractivity (Wildman–Crippen MR) is 69.0 cm³/mol. The molecule has 0 aromatic heterocycles. The minimum Gasteiger partial charge on any atom is -0.508 e. The first-order valence-corrected chi connectivity index (χ1v) is 6.73. The number of carbonyl (C=O) groups is 1. The van der Waals surface area contributed by atoms with Gasteiger partial charge in [-0.05, 0) is 19.1 Å². The highest BCUT2D eigenvalue weighted by Crippen LogP contribution is 2.39. The van der Waals surface area contributed by atoms with Crippen LogP contribution in [0.4, 0.5) is 0 Å². The number of thioether (sulfide) groups is 1. The maximum absolute atomic E-state index is 10.9. The molecule has 2 atom stereocenters. The second kappa shape index (κ2) is 5.49.